The molecule has 3 aromatic rings. The van der Waals surface area contributed by atoms with Crippen LogP contribution >= 0.6 is 31.9 Å². The Balaban J connectivity index is 1.62. The number of aromatic nitrogens is 1. The third kappa shape index (κ3) is 4.08. The zero-order valence-electron chi connectivity index (χ0n) is 14.9. The van der Waals surface area contributed by atoms with Crippen LogP contribution in [0.1, 0.15) is 30.4 Å². The van der Waals surface area contributed by atoms with E-state index in [1.807, 2.05) is 0 Å². The Bertz CT molecular complexity index is 894. The second kappa shape index (κ2) is 8.28. The molecule has 0 radical (unpaired) electrons. The van der Waals surface area contributed by atoms with Crippen LogP contribution in [0.3, 0.4) is 0 Å². The molecule has 26 heavy (non-hydrogen) atoms. The van der Waals surface area contributed by atoms with Crippen LogP contribution in [0.15, 0.2) is 57.6 Å². The molecule has 0 atom stereocenters. The Morgan fingerprint density at radius 2 is 1.69 bits per heavy atom. The molecular formula is C22H24Br2N2. The van der Waals surface area contributed by atoms with Gasteiger partial charge in [-0.15, -0.1) is 0 Å². The Morgan fingerprint density at radius 3 is 2.50 bits per heavy atom. The molecule has 1 aromatic heterocycles. The number of hydrogen-bond donors (Lipinski definition) is 0. The second-order valence-electron chi connectivity index (χ2n) is 7.19. The molecule has 0 saturated carbocycles. The predicted octanol–water partition coefficient (Wildman–Crippen LogP) is 6.24. The SMILES string of the molecule is Brc1ccc2c(c1)c(CCN1CCCCC1)cn2Cc1ccccc1Br. The molecule has 1 aliphatic heterocycles. The molecule has 1 saturated heterocycles. The standard InChI is InChI=1S/C22H24Br2N2/c23-19-8-9-22-20(14-19)17(10-13-25-11-4-1-5-12-25)15-26(22)16-18-6-2-3-7-21(18)24/h2-3,6-9,14-15H,1,4-5,10-13,16H2. The van der Waals surface area contributed by atoms with E-state index >= 15 is 0 Å². The number of likely N-dealkylation sites (tertiary alicyclic amines) is 1. The van der Waals surface area contributed by atoms with Gasteiger partial charge in [0.2, 0.25) is 0 Å². The molecule has 1 aliphatic rings. The van der Waals surface area contributed by atoms with Crippen molar-refractivity contribution in [3.05, 3.63) is 68.7 Å². The minimum absolute atomic E-state index is 0.892. The summed E-state index contributed by atoms with van der Waals surface area (Å²) in [4.78, 5) is 2.62. The van der Waals surface area contributed by atoms with E-state index in [1.54, 1.807) is 0 Å². The van der Waals surface area contributed by atoms with Gasteiger partial charge in [0.25, 0.3) is 0 Å². The maximum Gasteiger partial charge on any atom is 0.0487 e. The van der Waals surface area contributed by atoms with Gasteiger partial charge in [-0.3, -0.25) is 0 Å². The van der Waals surface area contributed by atoms with Crippen molar-refractivity contribution in [2.45, 2.75) is 32.2 Å². The topological polar surface area (TPSA) is 8.17 Å². The summed E-state index contributed by atoms with van der Waals surface area (Å²) in [7, 11) is 0. The average Bonchev–Trinajstić information content (AvgIpc) is 2.99. The van der Waals surface area contributed by atoms with Crippen LogP contribution in [0, 0.1) is 0 Å². The fourth-order valence-electron chi connectivity index (χ4n) is 3.94. The van der Waals surface area contributed by atoms with Crippen molar-refractivity contribution in [3.63, 3.8) is 0 Å². The monoisotopic (exact) mass is 474 g/mol. The fourth-order valence-corrected chi connectivity index (χ4v) is 4.72. The Hall–Kier alpha value is -1.10. The number of piperidine rings is 1. The largest absolute Gasteiger partial charge is 0.343 e. The van der Waals surface area contributed by atoms with E-state index < -0.39 is 0 Å². The summed E-state index contributed by atoms with van der Waals surface area (Å²) >= 11 is 7.35. The van der Waals surface area contributed by atoms with Crippen molar-refractivity contribution in [1.29, 1.82) is 0 Å². The molecule has 0 amide bonds. The van der Waals surface area contributed by atoms with E-state index in [0.29, 0.717) is 0 Å². The summed E-state index contributed by atoms with van der Waals surface area (Å²) < 4.78 is 4.73. The van der Waals surface area contributed by atoms with Gasteiger partial charge in [0.1, 0.15) is 0 Å². The highest BCUT2D eigenvalue weighted by Gasteiger charge is 2.14. The minimum Gasteiger partial charge on any atom is -0.343 e. The Labute approximate surface area is 172 Å². The molecular weight excluding hydrogens is 452 g/mol. The third-order valence-corrected chi connectivity index (χ3v) is 6.64. The number of halogens is 2. The van der Waals surface area contributed by atoms with Gasteiger partial charge in [-0.2, -0.15) is 0 Å². The summed E-state index contributed by atoms with van der Waals surface area (Å²) in [5.74, 6) is 0. The lowest BCUT2D eigenvalue weighted by atomic mass is 10.1. The molecule has 0 unspecified atom stereocenters. The lowest BCUT2D eigenvalue weighted by Gasteiger charge is -2.26. The first kappa shape index (κ1) is 18.3. The molecule has 4 heteroatoms. The van der Waals surface area contributed by atoms with Crippen molar-refractivity contribution < 1.29 is 0 Å². The Morgan fingerprint density at radius 1 is 0.885 bits per heavy atom. The quantitative estimate of drug-likeness (QED) is 0.423. The molecule has 4 rings (SSSR count). The van der Waals surface area contributed by atoms with Crippen molar-refractivity contribution >= 4 is 42.8 Å². The number of benzene rings is 2. The smallest absolute Gasteiger partial charge is 0.0487 e. The number of hydrogen-bond acceptors (Lipinski definition) is 1. The molecule has 0 aliphatic carbocycles. The second-order valence-corrected chi connectivity index (χ2v) is 8.96. The first-order valence-electron chi connectivity index (χ1n) is 9.44. The first-order chi connectivity index (χ1) is 12.7. The highest BCUT2D eigenvalue weighted by molar-refractivity contribution is 9.10. The van der Waals surface area contributed by atoms with Gasteiger partial charge < -0.3 is 9.47 Å². The average molecular weight is 476 g/mol. The van der Waals surface area contributed by atoms with Crippen molar-refractivity contribution in [1.82, 2.24) is 9.47 Å². The lowest BCUT2D eigenvalue weighted by molar-refractivity contribution is 0.231. The van der Waals surface area contributed by atoms with E-state index in [-0.39, 0.29) is 0 Å². The number of nitrogens with zero attached hydrogens (tertiary/aromatic N) is 2. The van der Waals surface area contributed by atoms with Crippen LogP contribution < -0.4 is 0 Å². The van der Waals surface area contributed by atoms with Crippen molar-refractivity contribution in [2.24, 2.45) is 0 Å². The van der Waals surface area contributed by atoms with Gasteiger partial charge >= 0.3 is 0 Å². The van der Waals surface area contributed by atoms with Crippen LogP contribution in [0.2, 0.25) is 0 Å². The van der Waals surface area contributed by atoms with E-state index in [4.69, 9.17) is 0 Å². The van der Waals surface area contributed by atoms with Gasteiger partial charge in [-0.1, -0.05) is 56.5 Å². The zero-order chi connectivity index (χ0) is 17.9. The molecule has 0 N–H and O–H groups in total. The van der Waals surface area contributed by atoms with Gasteiger partial charge in [-0.05, 0) is 67.7 Å². The predicted molar refractivity (Wildman–Crippen MR) is 117 cm³/mol. The normalized spacial score (nSPS) is 15.6. The summed E-state index contributed by atoms with van der Waals surface area (Å²) in [6.45, 7) is 4.59. The molecule has 2 nitrogen and oxygen atoms in total. The molecule has 2 heterocycles. The fraction of sp³-hybridized carbons (Fsp3) is 0.364. The first-order valence-corrected chi connectivity index (χ1v) is 11.0. The van der Waals surface area contributed by atoms with Gasteiger partial charge in [-0.25, -0.2) is 0 Å². The minimum atomic E-state index is 0.892. The van der Waals surface area contributed by atoms with Crippen LogP contribution in [0.25, 0.3) is 10.9 Å². The van der Waals surface area contributed by atoms with Crippen LogP contribution in [0.5, 0.6) is 0 Å². The van der Waals surface area contributed by atoms with E-state index in [2.05, 4.69) is 90.0 Å². The molecule has 1 fully saturated rings. The van der Waals surface area contributed by atoms with Crippen molar-refractivity contribution in [2.75, 3.05) is 19.6 Å². The van der Waals surface area contributed by atoms with Gasteiger partial charge in [0, 0.05) is 39.1 Å². The summed E-state index contributed by atoms with van der Waals surface area (Å²) in [5, 5.41) is 1.38. The third-order valence-electron chi connectivity index (χ3n) is 5.37. The van der Waals surface area contributed by atoms with Gasteiger partial charge in [0.15, 0.2) is 0 Å². The molecule has 136 valence electrons. The maximum absolute atomic E-state index is 3.69. The highest BCUT2D eigenvalue weighted by Crippen LogP contribution is 2.28. The lowest BCUT2D eigenvalue weighted by Crippen LogP contribution is -2.31. The van der Waals surface area contributed by atoms with E-state index in [0.717, 1.165) is 17.4 Å². The van der Waals surface area contributed by atoms with E-state index in [1.165, 1.54) is 65.4 Å². The summed E-state index contributed by atoms with van der Waals surface area (Å²) in [5.41, 5.74) is 4.09. The maximum atomic E-state index is 3.69. The van der Waals surface area contributed by atoms with Crippen LogP contribution in [0.4, 0.5) is 0 Å². The van der Waals surface area contributed by atoms with Crippen LogP contribution in [-0.2, 0) is 13.0 Å². The summed E-state index contributed by atoms with van der Waals surface area (Å²) in [6.07, 6.45) is 7.59. The Kier molecular flexibility index (Phi) is 5.82. The zero-order valence-corrected chi connectivity index (χ0v) is 18.1. The van der Waals surface area contributed by atoms with E-state index in [9.17, 15) is 0 Å². The molecule has 0 spiro atoms. The molecule has 0 bridgehead atoms. The summed E-state index contributed by atoms with van der Waals surface area (Å²) in [6, 6.07) is 15.2. The number of rotatable bonds is 5. The highest BCUT2D eigenvalue weighted by atomic mass is 79.9. The van der Waals surface area contributed by atoms with Gasteiger partial charge in [0.05, 0.1) is 0 Å². The molecule has 2 aromatic carbocycles. The number of fused-ring (bicyclic) bond motifs is 1. The van der Waals surface area contributed by atoms with Crippen molar-refractivity contribution in [3.8, 4) is 0 Å². The van der Waals surface area contributed by atoms with Crippen LogP contribution in [-0.4, -0.2) is 29.1 Å².